The average molecular weight is 386 g/mol. The van der Waals surface area contributed by atoms with Crippen LogP contribution in [0.2, 0.25) is 0 Å². The fraction of sp³-hybridized carbons (Fsp3) is 0.250. The maximum Gasteiger partial charge on any atom is 0.513 e. The van der Waals surface area contributed by atoms with E-state index in [-0.39, 0.29) is 37.3 Å². The number of amides is 2. The van der Waals surface area contributed by atoms with Gasteiger partial charge in [-0.3, -0.25) is 9.59 Å². The minimum Gasteiger partial charge on any atom is -0.497 e. The van der Waals surface area contributed by atoms with Gasteiger partial charge in [0.1, 0.15) is 11.5 Å². The summed E-state index contributed by atoms with van der Waals surface area (Å²) in [5.41, 5.74) is 0.873. The largest absolute Gasteiger partial charge is 0.513 e. The van der Waals surface area contributed by atoms with Crippen molar-refractivity contribution in [1.82, 2.24) is 10.6 Å². The normalized spacial score (nSPS) is 9.93. The molecule has 148 valence electrons. The van der Waals surface area contributed by atoms with Crippen molar-refractivity contribution in [3.05, 3.63) is 59.7 Å². The molecule has 0 atom stereocenters. The smallest absolute Gasteiger partial charge is 0.497 e. The Labute approximate surface area is 162 Å². The molecule has 0 aliphatic heterocycles. The van der Waals surface area contributed by atoms with Crippen LogP contribution < -0.4 is 20.1 Å². The summed E-state index contributed by atoms with van der Waals surface area (Å²) in [6.07, 6.45) is -0.800. The molecular formula is C20H22N2O6. The first kappa shape index (κ1) is 20.8. The molecule has 0 aliphatic carbocycles. The molecule has 2 aromatic carbocycles. The Morgan fingerprint density at radius 1 is 0.857 bits per heavy atom. The molecule has 0 radical (unpaired) electrons. The molecule has 0 aliphatic rings. The molecule has 0 spiro atoms. The van der Waals surface area contributed by atoms with E-state index in [4.69, 9.17) is 9.47 Å². The van der Waals surface area contributed by atoms with Crippen LogP contribution in [-0.2, 0) is 4.74 Å². The number of nitrogens with one attached hydrogen (secondary N) is 2. The summed E-state index contributed by atoms with van der Waals surface area (Å²) in [6, 6.07) is 12.8. The third-order valence-electron chi connectivity index (χ3n) is 3.61. The highest BCUT2D eigenvalue weighted by Gasteiger charge is 2.09. The van der Waals surface area contributed by atoms with Crippen LogP contribution in [0.4, 0.5) is 4.79 Å². The molecule has 0 heterocycles. The summed E-state index contributed by atoms with van der Waals surface area (Å²) in [7, 11) is 1.53. The van der Waals surface area contributed by atoms with E-state index in [0.29, 0.717) is 16.9 Å². The molecule has 2 aromatic rings. The van der Waals surface area contributed by atoms with E-state index >= 15 is 0 Å². The van der Waals surface area contributed by atoms with Gasteiger partial charge in [-0.05, 0) is 49.4 Å². The minimum atomic E-state index is -0.800. The summed E-state index contributed by atoms with van der Waals surface area (Å²) in [5, 5.41) is 5.42. The van der Waals surface area contributed by atoms with E-state index in [9.17, 15) is 14.4 Å². The zero-order chi connectivity index (χ0) is 20.4. The highest BCUT2D eigenvalue weighted by Crippen LogP contribution is 2.13. The molecule has 2 N–H and O–H groups in total. The fourth-order valence-corrected chi connectivity index (χ4v) is 2.24. The fourth-order valence-electron chi connectivity index (χ4n) is 2.24. The number of methoxy groups -OCH3 is 1. The molecule has 2 amide bonds. The van der Waals surface area contributed by atoms with Gasteiger partial charge in [0.05, 0.1) is 13.7 Å². The van der Waals surface area contributed by atoms with Crippen LogP contribution in [0.15, 0.2) is 48.5 Å². The van der Waals surface area contributed by atoms with Crippen LogP contribution in [-0.4, -0.2) is 44.8 Å². The molecule has 0 saturated heterocycles. The van der Waals surface area contributed by atoms with Crippen LogP contribution >= 0.6 is 0 Å². The third kappa shape index (κ3) is 6.31. The zero-order valence-electron chi connectivity index (χ0n) is 15.7. The van der Waals surface area contributed by atoms with Crippen molar-refractivity contribution in [1.29, 1.82) is 0 Å². The Kier molecular flexibility index (Phi) is 7.83. The molecule has 0 aromatic heterocycles. The quantitative estimate of drug-likeness (QED) is 0.410. The van der Waals surface area contributed by atoms with E-state index in [1.54, 1.807) is 31.2 Å². The molecule has 0 unspecified atom stereocenters. The zero-order valence-corrected chi connectivity index (χ0v) is 15.7. The summed E-state index contributed by atoms with van der Waals surface area (Å²) < 4.78 is 14.7. The molecule has 0 fully saturated rings. The highest BCUT2D eigenvalue weighted by molar-refractivity contribution is 5.95. The maximum absolute atomic E-state index is 12.1. The summed E-state index contributed by atoms with van der Waals surface area (Å²) in [6.45, 7) is 2.42. The van der Waals surface area contributed by atoms with Crippen molar-refractivity contribution < 1.29 is 28.6 Å². The molecule has 28 heavy (non-hydrogen) atoms. The van der Waals surface area contributed by atoms with Crippen molar-refractivity contribution in [3.8, 4) is 11.5 Å². The lowest BCUT2D eigenvalue weighted by molar-refractivity contribution is 0.0927. The van der Waals surface area contributed by atoms with Gasteiger partial charge in [0.2, 0.25) is 0 Å². The van der Waals surface area contributed by atoms with E-state index in [2.05, 4.69) is 15.4 Å². The van der Waals surface area contributed by atoms with Gasteiger partial charge in [-0.2, -0.15) is 0 Å². The Morgan fingerprint density at radius 3 is 2.11 bits per heavy atom. The van der Waals surface area contributed by atoms with Crippen molar-refractivity contribution in [3.63, 3.8) is 0 Å². The summed E-state index contributed by atoms with van der Waals surface area (Å²) in [5.74, 6) is 0.309. The topological polar surface area (TPSA) is 103 Å². The SMILES string of the molecule is CCOC(=O)Oc1ccc(C(=O)NCCNC(=O)c2cccc(OC)c2)cc1. The molecular weight excluding hydrogens is 364 g/mol. The van der Waals surface area contributed by atoms with Crippen molar-refractivity contribution >= 4 is 18.0 Å². The number of hydrogen-bond donors (Lipinski definition) is 2. The van der Waals surface area contributed by atoms with Gasteiger partial charge in [-0.1, -0.05) is 6.07 Å². The number of rotatable bonds is 8. The predicted octanol–water partition coefficient (Wildman–Crippen LogP) is 2.39. The van der Waals surface area contributed by atoms with Crippen LogP contribution in [0.25, 0.3) is 0 Å². The van der Waals surface area contributed by atoms with E-state index in [1.165, 1.54) is 31.4 Å². The van der Waals surface area contributed by atoms with Gasteiger partial charge in [-0.25, -0.2) is 4.79 Å². The monoisotopic (exact) mass is 386 g/mol. The average Bonchev–Trinajstić information content (AvgIpc) is 2.71. The molecule has 8 heteroatoms. The van der Waals surface area contributed by atoms with Gasteiger partial charge >= 0.3 is 6.16 Å². The lowest BCUT2D eigenvalue weighted by Gasteiger charge is -2.09. The molecule has 8 nitrogen and oxygen atoms in total. The second-order valence-corrected chi connectivity index (χ2v) is 5.55. The summed E-state index contributed by atoms with van der Waals surface area (Å²) >= 11 is 0. The Bertz CT molecular complexity index is 820. The first-order valence-corrected chi connectivity index (χ1v) is 8.68. The van der Waals surface area contributed by atoms with Crippen molar-refractivity contribution in [2.24, 2.45) is 0 Å². The number of carbonyl (C=O) groups excluding carboxylic acids is 3. The highest BCUT2D eigenvalue weighted by atomic mass is 16.7. The van der Waals surface area contributed by atoms with Gasteiger partial charge < -0.3 is 24.8 Å². The third-order valence-corrected chi connectivity index (χ3v) is 3.61. The van der Waals surface area contributed by atoms with Crippen LogP contribution in [0.1, 0.15) is 27.6 Å². The Hall–Kier alpha value is -3.55. The Balaban J connectivity index is 1.76. The van der Waals surface area contributed by atoms with Crippen molar-refractivity contribution in [2.75, 3.05) is 26.8 Å². The van der Waals surface area contributed by atoms with Crippen LogP contribution in [0, 0.1) is 0 Å². The van der Waals surface area contributed by atoms with Crippen molar-refractivity contribution in [2.45, 2.75) is 6.92 Å². The Morgan fingerprint density at radius 2 is 1.50 bits per heavy atom. The van der Waals surface area contributed by atoms with Gasteiger partial charge in [0, 0.05) is 24.2 Å². The first-order chi connectivity index (χ1) is 13.5. The predicted molar refractivity (Wildman–Crippen MR) is 102 cm³/mol. The molecule has 0 saturated carbocycles. The number of hydrogen-bond acceptors (Lipinski definition) is 6. The number of carbonyl (C=O) groups is 3. The lowest BCUT2D eigenvalue weighted by Crippen LogP contribution is -2.34. The number of ether oxygens (including phenoxy) is 3. The maximum atomic E-state index is 12.1. The molecule has 0 bridgehead atoms. The lowest BCUT2D eigenvalue weighted by atomic mass is 10.2. The van der Waals surface area contributed by atoms with Crippen LogP contribution in [0.5, 0.6) is 11.5 Å². The van der Waals surface area contributed by atoms with E-state index in [0.717, 1.165) is 0 Å². The minimum absolute atomic E-state index is 0.216. The first-order valence-electron chi connectivity index (χ1n) is 8.68. The van der Waals surface area contributed by atoms with Gasteiger partial charge in [0.25, 0.3) is 11.8 Å². The standard InChI is InChI=1S/C20H22N2O6/c1-3-27-20(25)28-16-9-7-14(8-10-16)18(23)21-11-12-22-19(24)15-5-4-6-17(13-15)26-2/h4-10,13H,3,11-12H2,1-2H3,(H,21,23)(H,22,24). The molecule has 2 rings (SSSR count). The second-order valence-electron chi connectivity index (χ2n) is 5.55. The van der Waals surface area contributed by atoms with E-state index < -0.39 is 6.16 Å². The van der Waals surface area contributed by atoms with Gasteiger partial charge in [-0.15, -0.1) is 0 Å². The second kappa shape index (κ2) is 10.6. The van der Waals surface area contributed by atoms with Crippen LogP contribution in [0.3, 0.4) is 0 Å². The summed E-state index contributed by atoms with van der Waals surface area (Å²) in [4.78, 5) is 35.4. The number of benzene rings is 2. The van der Waals surface area contributed by atoms with E-state index in [1.807, 2.05) is 0 Å². The van der Waals surface area contributed by atoms with Gasteiger partial charge in [0.15, 0.2) is 0 Å².